The molecule has 0 aliphatic rings. The second-order valence-corrected chi connectivity index (χ2v) is 6.34. The van der Waals surface area contributed by atoms with Crippen LogP contribution in [0.2, 0.25) is 0 Å². The highest BCUT2D eigenvalue weighted by molar-refractivity contribution is 5.87. The molecule has 0 bridgehead atoms. The van der Waals surface area contributed by atoms with Crippen LogP contribution in [-0.4, -0.2) is 35.9 Å². The minimum Gasteiger partial charge on any atom is -0.494 e. The molecule has 1 N–H and O–H groups in total. The zero-order valence-electron chi connectivity index (χ0n) is 16.1. The Bertz CT molecular complexity index is 704. The van der Waals surface area contributed by atoms with Gasteiger partial charge >= 0.3 is 0 Å². The van der Waals surface area contributed by atoms with Crippen molar-refractivity contribution in [3.63, 3.8) is 0 Å². The fourth-order valence-electron chi connectivity index (χ4n) is 2.76. The molecule has 2 aromatic carbocycles. The molecule has 0 saturated carbocycles. The summed E-state index contributed by atoms with van der Waals surface area (Å²) in [4.78, 5) is 26.7. The summed E-state index contributed by atoms with van der Waals surface area (Å²) in [5.74, 6) is 0.610. The van der Waals surface area contributed by atoms with Crippen molar-refractivity contribution >= 4 is 11.8 Å². The molecular formula is C22H28N2O3. The van der Waals surface area contributed by atoms with Crippen molar-refractivity contribution in [2.75, 3.05) is 13.2 Å². The van der Waals surface area contributed by atoms with E-state index >= 15 is 0 Å². The Kier molecular flexibility index (Phi) is 8.36. The molecule has 2 rings (SSSR count). The number of para-hydroxylation sites is 1. The van der Waals surface area contributed by atoms with E-state index in [-0.39, 0.29) is 11.8 Å². The highest BCUT2D eigenvalue weighted by atomic mass is 16.5. The van der Waals surface area contributed by atoms with Crippen LogP contribution in [-0.2, 0) is 16.1 Å². The van der Waals surface area contributed by atoms with Crippen LogP contribution in [0.4, 0.5) is 0 Å². The number of carbonyl (C=O) groups excluding carboxylic acids is 2. The van der Waals surface area contributed by atoms with Crippen LogP contribution in [0.15, 0.2) is 60.7 Å². The molecule has 0 saturated heterocycles. The predicted molar refractivity (Wildman–Crippen MR) is 106 cm³/mol. The van der Waals surface area contributed by atoms with Crippen LogP contribution in [0.1, 0.15) is 32.3 Å². The monoisotopic (exact) mass is 368 g/mol. The van der Waals surface area contributed by atoms with E-state index in [0.29, 0.717) is 32.5 Å². The Morgan fingerprint density at radius 2 is 1.67 bits per heavy atom. The van der Waals surface area contributed by atoms with Crippen LogP contribution < -0.4 is 10.1 Å². The van der Waals surface area contributed by atoms with Crippen LogP contribution in [0.5, 0.6) is 5.75 Å². The van der Waals surface area contributed by atoms with Crippen LogP contribution >= 0.6 is 0 Å². The molecule has 27 heavy (non-hydrogen) atoms. The Labute approximate surface area is 161 Å². The van der Waals surface area contributed by atoms with Crippen molar-refractivity contribution < 1.29 is 14.3 Å². The largest absolute Gasteiger partial charge is 0.494 e. The second kappa shape index (κ2) is 11.0. The maximum atomic E-state index is 12.8. The highest BCUT2D eigenvalue weighted by Crippen LogP contribution is 2.13. The molecule has 0 aliphatic heterocycles. The van der Waals surface area contributed by atoms with Crippen molar-refractivity contribution in [2.24, 2.45) is 0 Å². The van der Waals surface area contributed by atoms with Gasteiger partial charge in [-0.2, -0.15) is 0 Å². The van der Waals surface area contributed by atoms with Crippen molar-refractivity contribution in [1.29, 1.82) is 0 Å². The number of rotatable bonds is 10. The normalized spacial score (nSPS) is 11.5. The molecule has 2 aromatic rings. The van der Waals surface area contributed by atoms with E-state index in [1.54, 1.807) is 11.8 Å². The van der Waals surface area contributed by atoms with E-state index in [4.69, 9.17) is 4.74 Å². The fraction of sp³-hybridized carbons (Fsp3) is 0.364. The van der Waals surface area contributed by atoms with Gasteiger partial charge < -0.3 is 15.0 Å². The van der Waals surface area contributed by atoms with Gasteiger partial charge in [-0.3, -0.25) is 9.59 Å². The number of ether oxygens (including phenoxy) is 1. The summed E-state index contributed by atoms with van der Waals surface area (Å²) >= 11 is 0. The second-order valence-electron chi connectivity index (χ2n) is 6.34. The van der Waals surface area contributed by atoms with Gasteiger partial charge in [-0.25, -0.2) is 0 Å². The topological polar surface area (TPSA) is 58.6 Å². The fourth-order valence-corrected chi connectivity index (χ4v) is 2.76. The van der Waals surface area contributed by atoms with E-state index in [2.05, 4.69) is 5.32 Å². The molecule has 0 spiro atoms. The predicted octanol–water partition coefficient (Wildman–Crippen LogP) is 3.40. The van der Waals surface area contributed by atoms with Crippen molar-refractivity contribution in [2.45, 2.75) is 39.3 Å². The molecule has 0 aromatic heterocycles. The van der Waals surface area contributed by atoms with E-state index < -0.39 is 6.04 Å². The lowest BCUT2D eigenvalue weighted by molar-refractivity contribution is -0.140. The number of amides is 2. The van der Waals surface area contributed by atoms with Gasteiger partial charge in [0, 0.05) is 19.5 Å². The molecule has 5 nitrogen and oxygen atoms in total. The lowest BCUT2D eigenvalue weighted by Gasteiger charge is -2.28. The lowest BCUT2D eigenvalue weighted by atomic mass is 10.1. The average Bonchev–Trinajstić information content (AvgIpc) is 2.70. The number of carbonyl (C=O) groups is 2. The Morgan fingerprint density at radius 1 is 1.04 bits per heavy atom. The Morgan fingerprint density at radius 3 is 2.30 bits per heavy atom. The van der Waals surface area contributed by atoms with E-state index in [9.17, 15) is 9.59 Å². The molecule has 0 heterocycles. The summed E-state index contributed by atoms with van der Waals surface area (Å²) in [6, 6.07) is 18.7. The van der Waals surface area contributed by atoms with Gasteiger partial charge in [-0.1, -0.05) is 48.5 Å². The quantitative estimate of drug-likeness (QED) is 0.654. The van der Waals surface area contributed by atoms with E-state index in [1.165, 1.54) is 0 Å². The van der Waals surface area contributed by atoms with Gasteiger partial charge in [0.2, 0.25) is 11.8 Å². The third-order valence-electron chi connectivity index (χ3n) is 4.26. The van der Waals surface area contributed by atoms with Crippen LogP contribution in [0, 0.1) is 0 Å². The first kappa shape index (κ1) is 20.5. The molecule has 2 amide bonds. The molecule has 0 unspecified atom stereocenters. The summed E-state index contributed by atoms with van der Waals surface area (Å²) < 4.78 is 5.65. The van der Waals surface area contributed by atoms with Crippen LogP contribution in [0.3, 0.4) is 0 Å². The highest BCUT2D eigenvalue weighted by Gasteiger charge is 2.25. The summed E-state index contributed by atoms with van der Waals surface area (Å²) in [5.41, 5.74) is 1.00. The Balaban J connectivity index is 1.94. The molecule has 5 heteroatoms. The van der Waals surface area contributed by atoms with Crippen molar-refractivity contribution in [3.05, 3.63) is 66.2 Å². The smallest absolute Gasteiger partial charge is 0.242 e. The molecule has 1 atom stereocenters. The van der Waals surface area contributed by atoms with Gasteiger partial charge in [0.1, 0.15) is 11.8 Å². The zero-order chi connectivity index (χ0) is 19.5. The first-order chi connectivity index (χ1) is 13.1. The lowest BCUT2D eigenvalue weighted by Crippen LogP contribution is -2.47. The molecule has 0 radical (unpaired) electrons. The third kappa shape index (κ3) is 6.77. The number of hydrogen-bond donors (Lipinski definition) is 1. The van der Waals surface area contributed by atoms with Gasteiger partial charge in [0.25, 0.3) is 0 Å². The van der Waals surface area contributed by atoms with Crippen molar-refractivity contribution in [1.82, 2.24) is 10.2 Å². The number of nitrogens with zero attached hydrogens (tertiary/aromatic N) is 1. The van der Waals surface area contributed by atoms with Gasteiger partial charge in [-0.05, 0) is 38.0 Å². The standard InChI is InChI=1S/C22H28N2O3/c1-3-23-22(26)18(2)24(17-19-11-6-4-7-12-19)21(25)15-10-16-27-20-13-8-5-9-14-20/h4-9,11-14,18H,3,10,15-17H2,1-2H3,(H,23,26)/t18-/m0/s1. The maximum Gasteiger partial charge on any atom is 0.242 e. The minimum absolute atomic E-state index is 0.0470. The maximum absolute atomic E-state index is 12.8. The average molecular weight is 368 g/mol. The number of nitrogens with one attached hydrogen (secondary N) is 1. The Hall–Kier alpha value is -2.82. The number of likely N-dealkylation sites (N-methyl/N-ethyl adjacent to an activating group) is 1. The first-order valence-corrected chi connectivity index (χ1v) is 9.40. The minimum atomic E-state index is -0.521. The first-order valence-electron chi connectivity index (χ1n) is 9.40. The van der Waals surface area contributed by atoms with Crippen LogP contribution in [0.25, 0.3) is 0 Å². The van der Waals surface area contributed by atoms with Crippen molar-refractivity contribution in [3.8, 4) is 5.75 Å². The molecule has 144 valence electrons. The zero-order valence-corrected chi connectivity index (χ0v) is 16.1. The summed E-state index contributed by atoms with van der Waals surface area (Å²) in [5, 5.41) is 2.80. The molecule has 0 fully saturated rings. The van der Waals surface area contributed by atoms with Gasteiger partial charge in [-0.15, -0.1) is 0 Å². The van der Waals surface area contributed by atoms with E-state index in [1.807, 2.05) is 67.6 Å². The van der Waals surface area contributed by atoms with Gasteiger partial charge in [0.15, 0.2) is 0 Å². The molecular weight excluding hydrogens is 340 g/mol. The third-order valence-corrected chi connectivity index (χ3v) is 4.26. The summed E-state index contributed by atoms with van der Waals surface area (Å²) in [6.07, 6.45) is 0.935. The molecule has 0 aliphatic carbocycles. The SMILES string of the molecule is CCNC(=O)[C@H](C)N(Cc1ccccc1)C(=O)CCCOc1ccccc1. The van der Waals surface area contributed by atoms with E-state index in [0.717, 1.165) is 11.3 Å². The summed E-state index contributed by atoms with van der Waals surface area (Å²) in [7, 11) is 0. The number of hydrogen-bond acceptors (Lipinski definition) is 3. The summed E-state index contributed by atoms with van der Waals surface area (Å²) in [6.45, 7) is 5.06. The van der Waals surface area contributed by atoms with Gasteiger partial charge in [0.05, 0.1) is 6.61 Å². The number of benzene rings is 2.